The van der Waals surface area contributed by atoms with E-state index < -0.39 is 0 Å². The topological polar surface area (TPSA) is 72.5 Å². The Balaban J connectivity index is 1.61. The number of nitrogens with one attached hydrogen (secondary N) is 2. The molecule has 0 unspecified atom stereocenters. The van der Waals surface area contributed by atoms with Crippen LogP contribution in [0.1, 0.15) is 10.4 Å². The molecule has 128 valence electrons. The Bertz CT molecular complexity index is 845. The van der Waals surface area contributed by atoms with Crippen LogP contribution in [0.4, 0.5) is 5.13 Å². The molecule has 1 aromatic heterocycles. The standard InChI is InChI=1S/C18H17N3O3S/c1-23-14-7-3-12(4-8-14)16-11-25-18(19-16)21-20-17(22)13-5-9-15(24-2)10-6-13/h3-11H,1-2H3,(H,19,21)(H,20,22). The van der Waals surface area contributed by atoms with E-state index in [2.05, 4.69) is 15.8 Å². The summed E-state index contributed by atoms with van der Waals surface area (Å²) in [5.74, 6) is 1.25. The second kappa shape index (κ2) is 7.67. The van der Waals surface area contributed by atoms with Gasteiger partial charge in [0.25, 0.3) is 5.91 Å². The number of hydrogen-bond acceptors (Lipinski definition) is 6. The van der Waals surface area contributed by atoms with Gasteiger partial charge in [-0.1, -0.05) is 0 Å². The summed E-state index contributed by atoms with van der Waals surface area (Å²) in [5, 5.41) is 2.52. The molecule has 25 heavy (non-hydrogen) atoms. The monoisotopic (exact) mass is 355 g/mol. The third-order valence-electron chi connectivity index (χ3n) is 3.53. The van der Waals surface area contributed by atoms with Crippen LogP contribution in [0, 0.1) is 0 Å². The highest BCUT2D eigenvalue weighted by atomic mass is 32.1. The lowest BCUT2D eigenvalue weighted by Crippen LogP contribution is -2.29. The Kier molecular flexibility index (Phi) is 5.15. The summed E-state index contributed by atoms with van der Waals surface area (Å²) in [6.45, 7) is 0. The normalized spacial score (nSPS) is 10.2. The van der Waals surface area contributed by atoms with E-state index in [1.165, 1.54) is 11.3 Å². The SMILES string of the molecule is COc1ccc(C(=O)NNc2nc(-c3ccc(OC)cc3)cs2)cc1. The number of rotatable bonds is 6. The van der Waals surface area contributed by atoms with E-state index in [1.807, 2.05) is 29.6 Å². The van der Waals surface area contributed by atoms with Crippen LogP contribution < -0.4 is 20.3 Å². The summed E-state index contributed by atoms with van der Waals surface area (Å²) < 4.78 is 10.2. The number of carbonyl (C=O) groups excluding carboxylic acids is 1. The van der Waals surface area contributed by atoms with Gasteiger partial charge in [-0.2, -0.15) is 0 Å². The van der Waals surface area contributed by atoms with Crippen molar-refractivity contribution in [1.82, 2.24) is 10.4 Å². The number of thiazole rings is 1. The number of aromatic nitrogens is 1. The quantitative estimate of drug-likeness (QED) is 0.661. The van der Waals surface area contributed by atoms with Crippen molar-refractivity contribution in [2.75, 3.05) is 19.6 Å². The maximum atomic E-state index is 12.1. The maximum Gasteiger partial charge on any atom is 0.269 e. The van der Waals surface area contributed by atoms with Gasteiger partial charge in [-0.3, -0.25) is 15.6 Å². The van der Waals surface area contributed by atoms with Crippen LogP contribution in [-0.4, -0.2) is 25.1 Å². The molecule has 3 aromatic rings. The van der Waals surface area contributed by atoms with Gasteiger partial charge in [0.1, 0.15) is 11.5 Å². The molecular formula is C18H17N3O3S. The number of anilines is 1. The number of nitrogens with zero attached hydrogens (tertiary/aromatic N) is 1. The van der Waals surface area contributed by atoms with E-state index in [0.717, 1.165) is 17.0 Å². The van der Waals surface area contributed by atoms with Crippen molar-refractivity contribution in [2.45, 2.75) is 0 Å². The number of amides is 1. The van der Waals surface area contributed by atoms with Crippen LogP contribution in [0.15, 0.2) is 53.9 Å². The Hall–Kier alpha value is -3.06. The Morgan fingerprint density at radius 3 is 2.16 bits per heavy atom. The van der Waals surface area contributed by atoms with Crippen molar-refractivity contribution >= 4 is 22.4 Å². The third-order valence-corrected chi connectivity index (χ3v) is 4.28. The van der Waals surface area contributed by atoms with Crippen molar-refractivity contribution in [2.24, 2.45) is 0 Å². The summed E-state index contributed by atoms with van der Waals surface area (Å²) in [4.78, 5) is 16.6. The summed E-state index contributed by atoms with van der Waals surface area (Å²) in [7, 11) is 3.21. The number of methoxy groups -OCH3 is 2. The average Bonchev–Trinajstić information content (AvgIpc) is 3.15. The lowest BCUT2D eigenvalue weighted by molar-refractivity contribution is 0.0962. The maximum absolute atomic E-state index is 12.1. The lowest BCUT2D eigenvalue weighted by Gasteiger charge is -2.06. The van der Waals surface area contributed by atoms with Gasteiger partial charge in [-0.05, 0) is 48.5 Å². The van der Waals surface area contributed by atoms with Gasteiger partial charge in [0.05, 0.1) is 19.9 Å². The van der Waals surface area contributed by atoms with Gasteiger partial charge in [0, 0.05) is 16.5 Å². The van der Waals surface area contributed by atoms with Crippen LogP contribution >= 0.6 is 11.3 Å². The van der Waals surface area contributed by atoms with Gasteiger partial charge in [-0.25, -0.2) is 4.98 Å². The number of hydrazine groups is 1. The largest absolute Gasteiger partial charge is 0.497 e. The molecule has 0 atom stereocenters. The van der Waals surface area contributed by atoms with Crippen molar-refractivity contribution in [3.63, 3.8) is 0 Å². The molecule has 0 aliphatic heterocycles. The molecular weight excluding hydrogens is 338 g/mol. The number of ether oxygens (including phenoxy) is 2. The van der Waals surface area contributed by atoms with E-state index in [4.69, 9.17) is 9.47 Å². The van der Waals surface area contributed by atoms with E-state index in [1.54, 1.807) is 38.5 Å². The molecule has 3 rings (SSSR count). The van der Waals surface area contributed by atoms with Crippen LogP contribution in [0.5, 0.6) is 11.5 Å². The van der Waals surface area contributed by atoms with E-state index in [0.29, 0.717) is 16.4 Å². The molecule has 0 saturated heterocycles. The molecule has 0 radical (unpaired) electrons. The van der Waals surface area contributed by atoms with Gasteiger partial charge < -0.3 is 9.47 Å². The fourth-order valence-corrected chi connectivity index (χ4v) is 2.82. The first kappa shape index (κ1) is 16.8. The molecule has 2 aromatic carbocycles. The minimum atomic E-state index is -0.246. The second-order valence-electron chi connectivity index (χ2n) is 5.07. The van der Waals surface area contributed by atoms with E-state index in [-0.39, 0.29) is 5.91 Å². The summed E-state index contributed by atoms with van der Waals surface area (Å²) in [6, 6.07) is 14.5. The molecule has 1 heterocycles. The molecule has 0 spiro atoms. The molecule has 6 nitrogen and oxygen atoms in total. The Labute approximate surface area is 149 Å². The minimum absolute atomic E-state index is 0.246. The fraction of sp³-hybridized carbons (Fsp3) is 0.111. The zero-order valence-corrected chi connectivity index (χ0v) is 14.6. The van der Waals surface area contributed by atoms with Gasteiger partial charge >= 0.3 is 0 Å². The van der Waals surface area contributed by atoms with E-state index >= 15 is 0 Å². The third kappa shape index (κ3) is 4.07. The number of carbonyl (C=O) groups is 1. The first-order chi connectivity index (χ1) is 12.2. The van der Waals surface area contributed by atoms with Crippen molar-refractivity contribution in [3.05, 3.63) is 59.5 Å². The smallest absolute Gasteiger partial charge is 0.269 e. The minimum Gasteiger partial charge on any atom is -0.497 e. The summed E-state index contributed by atoms with van der Waals surface area (Å²) in [5.41, 5.74) is 7.80. The average molecular weight is 355 g/mol. The predicted molar refractivity (Wildman–Crippen MR) is 98.2 cm³/mol. The predicted octanol–water partition coefficient (Wildman–Crippen LogP) is 3.58. The summed E-state index contributed by atoms with van der Waals surface area (Å²) >= 11 is 1.41. The molecule has 0 bridgehead atoms. The van der Waals surface area contributed by atoms with Gasteiger partial charge in [0.2, 0.25) is 5.13 Å². The zero-order valence-electron chi connectivity index (χ0n) is 13.8. The highest BCUT2D eigenvalue weighted by molar-refractivity contribution is 7.14. The first-order valence-corrected chi connectivity index (χ1v) is 8.38. The molecule has 0 aliphatic carbocycles. The Morgan fingerprint density at radius 1 is 0.960 bits per heavy atom. The van der Waals surface area contributed by atoms with Crippen molar-refractivity contribution in [1.29, 1.82) is 0 Å². The molecule has 2 N–H and O–H groups in total. The van der Waals surface area contributed by atoms with Crippen LogP contribution in [0.3, 0.4) is 0 Å². The van der Waals surface area contributed by atoms with Gasteiger partial charge in [0.15, 0.2) is 0 Å². The van der Waals surface area contributed by atoms with E-state index in [9.17, 15) is 4.79 Å². The molecule has 1 amide bonds. The zero-order chi connectivity index (χ0) is 17.6. The second-order valence-corrected chi connectivity index (χ2v) is 5.93. The fourth-order valence-electron chi connectivity index (χ4n) is 2.15. The highest BCUT2D eigenvalue weighted by Crippen LogP contribution is 2.26. The van der Waals surface area contributed by atoms with Crippen LogP contribution in [0.2, 0.25) is 0 Å². The summed E-state index contributed by atoms with van der Waals surface area (Å²) in [6.07, 6.45) is 0. The molecule has 0 fully saturated rings. The highest BCUT2D eigenvalue weighted by Gasteiger charge is 2.08. The number of benzene rings is 2. The lowest BCUT2D eigenvalue weighted by atomic mass is 10.2. The first-order valence-electron chi connectivity index (χ1n) is 7.50. The number of hydrogen-bond donors (Lipinski definition) is 2. The van der Waals surface area contributed by atoms with Crippen LogP contribution in [0.25, 0.3) is 11.3 Å². The molecule has 0 saturated carbocycles. The molecule has 0 aliphatic rings. The van der Waals surface area contributed by atoms with Crippen molar-refractivity contribution in [3.8, 4) is 22.8 Å². The van der Waals surface area contributed by atoms with Crippen LogP contribution in [-0.2, 0) is 0 Å². The van der Waals surface area contributed by atoms with Crippen molar-refractivity contribution < 1.29 is 14.3 Å². The Morgan fingerprint density at radius 2 is 1.56 bits per heavy atom. The van der Waals surface area contributed by atoms with Gasteiger partial charge in [-0.15, -0.1) is 11.3 Å². The molecule has 7 heteroatoms.